The molecule has 5 heteroatoms. The molecule has 1 saturated heterocycles. The fourth-order valence-corrected chi connectivity index (χ4v) is 2.93. The van der Waals surface area contributed by atoms with Crippen molar-refractivity contribution in [1.29, 1.82) is 0 Å². The van der Waals surface area contributed by atoms with E-state index in [1.54, 1.807) is 6.92 Å². The topological polar surface area (TPSA) is 49.4 Å². The first-order chi connectivity index (χ1) is 7.59. The highest BCUT2D eigenvalue weighted by Crippen LogP contribution is 2.16. The van der Waals surface area contributed by atoms with Crippen LogP contribution >= 0.6 is 0 Å². The molecule has 96 valence electrons. The minimum Gasteiger partial charge on any atom is -0.315 e. The number of hydrogen-bond donors (Lipinski definition) is 1. The molecule has 0 bridgehead atoms. The van der Waals surface area contributed by atoms with E-state index in [-0.39, 0.29) is 5.75 Å². The van der Waals surface area contributed by atoms with Gasteiger partial charge in [0.15, 0.2) is 9.84 Å². The van der Waals surface area contributed by atoms with E-state index >= 15 is 0 Å². The van der Waals surface area contributed by atoms with Crippen molar-refractivity contribution < 1.29 is 8.42 Å². The molecule has 1 N–H and O–H groups in total. The minimum absolute atomic E-state index is 0.263. The number of likely N-dealkylation sites (tertiary alicyclic amines) is 1. The Hall–Kier alpha value is -0.130. The predicted molar refractivity (Wildman–Crippen MR) is 67.5 cm³/mol. The van der Waals surface area contributed by atoms with Crippen LogP contribution < -0.4 is 5.32 Å². The number of rotatable bonds is 7. The first-order valence-corrected chi connectivity index (χ1v) is 8.06. The number of sulfone groups is 1. The lowest BCUT2D eigenvalue weighted by Gasteiger charge is -2.24. The van der Waals surface area contributed by atoms with Crippen molar-refractivity contribution in [2.24, 2.45) is 0 Å². The van der Waals surface area contributed by atoms with E-state index in [9.17, 15) is 8.42 Å². The van der Waals surface area contributed by atoms with Gasteiger partial charge < -0.3 is 5.32 Å². The molecule has 0 aliphatic carbocycles. The van der Waals surface area contributed by atoms with E-state index in [1.165, 1.54) is 12.8 Å². The smallest absolute Gasteiger partial charge is 0.151 e. The van der Waals surface area contributed by atoms with Gasteiger partial charge >= 0.3 is 0 Å². The maximum absolute atomic E-state index is 11.4. The summed E-state index contributed by atoms with van der Waals surface area (Å²) in [7, 11) is -2.81. The SMILES string of the molecule is CCNCC1CCCN1CCS(=O)(=O)CC. The molecular formula is C11H24N2O2S. The molecule has 0 amide bonds. The van der Waals surface area contributed by atoms with Crippen molar-refractivity contribution in [1.82, 2.24) is 10.2 Å². The summed E-state index contributed by atoms with van der Waals surface area (Å²) in [6, 6.07) is 0.534. The van der Waals surface area contributed by atoms with E-state index < -0.39 is 9.84 Å². The second-order valence-electron chi connectivity index (χ2n) is 4.38. The average molecular weight is 248 g/mol. The van der Waals surface area contributed by atoms with Crippen LogP contribution in [0, 0.1) is 0 Å². The third kappa shape index (κ3) is 4.39. The molecule has 0 radical (unpaired) electrons. The van der Waals surface area contributed by atoms with Crippen LogP contribution in [-0.2, 0) is 9.84 Å². The van der Waals surface area contributed by atoms with Crippen molar-refractivity contribution in [3.05, 3.63) is 0 Å². The molecule has 1 rings (SSSR count). The number of nitrogens with one attached hydrogen (secondary N) is 1. The monoisotopic (exact) mass is 248 g/mol. The standard InChI is InChI=1S/C11H24N2O2S/c1-3-12-10-11-6-5-7-13(11)8-9-16(14,15)4-2/h11-12H,3-10H2,1-2H3. The molecule has 0 aromatic rings. The maximum Gasteiger partial charge on any atom is 0.151 e. The number of likely N-dealkylation sites (N-methyl/N-ethyl adjacent to an activating group) is 1. The zero-order chi connectivity index (χ0) is 12.0. The molecule has 0 aromatic heterocycles. The molecule has 1 aliphatic heterocycles. The van der Waals surface area contributed by atoms with Gasteiger partial charge in [0.1, 0.15) is 0 Å². The first-order valence-electron chi connectivity index (χ1n) is 6.24. The van der Waals surface area contributed by atoms with Crippen molar-refractivity contribution >= 4 is 9.84 Å². The van der Waals surface area contributed by atoms with Crippen LogP contribution in [0.4, 0.5) is 0 Å². The molecule has 1 fully saturated rings. The third-order valence-corrected chi connectivity index (χ3v) is 4.94. The van der Waals surface area contributed by atoms with Gasteiger partial charge in [-0.1, -0.05) is 13.8 Å². The predicted octanol–water partition coefficient (Wildman–Crippen LogP) is 0.495. The van der Waals surface area contributed by atoms with Gasteiger partial charge in [0.05, 0.1) is 5.75 Å². The molecule has 1 unspecified atom stereocenters. The normalized spacial score (nSPS) is 22.8. The second-order valence-corrected chi connectivity index (χ2v) is 6.85. The largest absolute Gasteiger partial charge is 0.315 e. The van der Waals surface area contributed by atoms with E-state index in [0.29, 0.717) is 18.3 Å². The molecule has 16 heavy (non-hydrogen) atoms. The lowest BCUT2D eigenvalue weighted by atomic mass is 10.2. The van der Waals surface area contributed by atoms with Crippen molar-refractivity contribution in [3.63, 3.8) is 0 Å². The highest BCUT2D eigenvalue weighted by Gasteiger charge is 2.24. The van der Waals surface area contributed by atoms with Crippen LogP contribution in [0.5, 0.6) is 0 Å². The zero-order valence-corrected chi connectivity index (χ0v) is 11.2. The van der Waals surface area contributed by atoms with E-state index in [2.05, 4.69) is 17.1 Å². The molecule has 0 aromatic carbocycles. The number of hydrogen-bond acceptors (Lipinski definition) is 4. The Morgan fingerprint density at radius 1 is 1.38 bits per heavy atom. The summed E-state index contributed by atoms with van der Waals surface area (Å²) in [6.07, 6.45) is 2.39. The highest BCUT2D eigenvalue weighted by molar-refractivity contribution is 7.91. The molecule has 1 atom stereocenters. The fourth-order valence-electron chi connectivity index (χ4n) is 2.13. The number of nitrogens with zero attached hydrogens (tertiary/aromatic N) is 1. The Morgan fingerprint density at radius 2 is 2.12 bits per heavy atom. The quantitative estimate of drug-likeness (QED) is 0.712. The lowest BCUT2D eigenvalue weighted by molar-refractivity contribution is 0.262. The molecule has 4 nitrogen and oxygen atoms in total. The van der Waals surface area contributed by atoms with Crippen LogP contribution in [0.2, 0.25) is 0 Å². The van der Waals surface area contributed by atoms with Crippen LogP contribution in [0.25, 0.3) is 0 Å². The Morgan fingerprint density at radius 3 is 2.75 bits per heavy atom. The second kappa shape index (κ2) is 6.57. The van der Waals surface area contributed by atoms with Gasteiger partial charge in [0.25, 0.3) is 0 Å². The van der Waals surface area contributed by atoms with Gasteiger partial charge in [-0.15, -0.1) is 0 Å². The average Bonchev–Trinajstić information content (AvgIpc) is 2.71. The zero-order valence-electron chi connectivity index (χ0n) is 10.4. The van der Waals surface area contributed by atoms with Crippen molar-refractivity contribution in [2.75, 3.05) is 37.7 Å². The Kier molecular flexibility index (Phi) is 5.72. The van der Waals surface area contributed by atoms with Gasteiger partial charge in [-0.2, -0.15) is 0 Å². The van der Waals surface area contributed by atoms with Gasteiger partial charge in [-0.25, -0.2) is 8.42 Å². The van der Waals surface area contributed by atoms with Crippen LogP contribution in [0.1, 0.15) is 26.7 Å². The minimum atomic E-state index is -2.81. The van der Waals surface area contributed by atoms with Gasteiger partial charge in [0, 0.05) is 24.9 Å². The highest BCUT2D eigenvalue weighted by atomic mass is 32.2. The van der Waals surface area contributed by atoms with Crippen molar-refractivity contribution in [3.8, 4) is 0 Å². The summed E-state index contributed by atoms with van der Waals surface area (Å²) >= 11 is 0. The Balaban J connectivity index is 2.35. The summed E-state index contributed by atoms with van der Waals surface area (Å²) in [5.74, 6) is 0.574. The summed E-state index contributed by atoms with van der Waals surface area (Å²) in [4.78, 5) is 2.32. The third-order valence-electron chi connectivity index (χ3n) is 3.26. The molecule has 1 aliphatic rings. The van der Waals surface area contributed by atoms with Crippen LogP contribution in [-0.4, -0.2) is 57.0 Å². The molecule has 0 saturated carbocycles. The first kappa shape index (κ1) is 13.9. The molecular weight excluding hydrogens is 224 g/mol. The summed E-state index contributed by atoms with van der Waals surface area (Å²) in [6.45, 7) is 7.54. The van der Waals surface area contributed by atoms with Gasteiger partial charge in [-0.3, -0.25) is 4.90 Å². The van der Waals surface area contributed by atoms with E-state index in [0.717, 1.165) is 19.6 Å². The molecule has 1 heterocycles. The summed E-state index contributed by atoms with van der Waals surface area (Å²) < 4.78 is 22.9. The van der Waals surface area contributed by atoms with E-state index in [4.69, 9.17) is 0 Å². The fraction of sp³-hybridized carbons (Fsp3) is 1.00. The Bertz CT molecular complexity index is 290. The summed E-state index contributed by atoms with van der Waals surface area (Å²) in [5, 5.41) is 3.34. The van der Waals surface area contributed by atoms with Crippen LogP contribution in [0.15, 0.2) is 0 Å². The summed E-state index contributed by atoms with van der Waals surface area (Å²) in [5.41, 5.74) is 0. The van der Waals surface area contributed by atoms with Gasteiger partial charge in [-0.05, 0) is 25.9 Å². The Labute approximate surface area is 99.3 Å². The lowest BCUT2D eigenvalue weighted by Crippen LogP contribution is -2.40. The van der Waals surface area contributed by atoms with E-state index in [1.807, 2.05) is 0 Å². The molecule has 0 spiro atoms. The maximum atomic E-state index is 11.4. The van der Waals surface area contributed by atoms with Crippen molar-refractivity contribution in [2.45, 2.75) is 32.7 Å². The van der Waals surface area contributed by atoms with Crippen LogP contribution in [0.3, 0.4) is 0 Å². The van der Waals surface area contributed by atoms with Gasteiger partial charge in [0.2, 0.25) is 0 Å².